The van der Waals surface area contributed by atoms with Gasteiger partial charge in [-0.2, -0.15) is 4.31 Å². The number of hydrogen-bond acceptors (Lipinski definition) is 5. The topological polar surface area (TPSA) is 84.9 Å². The number of halogens is 1. The number of carbonyl (C=O) groups excluding carboxylic acids is 1. The van der Waals surface area contributed by atoms with Crippen molar-refractivity contribution in [2.24, 2.45) is 0 Å². The molecule has 0 radical (unpaired) electrons. The molecule has 1 fully saturated rings. The number of anilines is 1. The molecule has 32 heavy (non-hydrogen) atoms. The first-order valence-electron chi connectivity index (χ1n) is 9.96. The third kappa shape index (κ3) is 4.94. The van der Waals surface area contributed by atoms with Crippen LogP contribution in [0.4, 0.5) is 5.69 Å². The van der Waals surface area contributed by atoms with E-state index in [1.807, 2.05) is 12.1 Å². The van der Waals surface area contributed by atoms with Gasteiger partial charge in [-0.15, -0.1) is 0 Å². The lowest BCUT2D eigenvalue weighted by atomic mass is 10.2. The summed E-state index contributed by atoms with van der Waals surface area (Å²) in [5.41, 5.74) is 0.579. The molecule has 7 nitrogen and oxygen atoms in total. The van der Waals surface area contributed by atoms with Gasteiger partial charge in [0, 0.05) is 18.8 Å². The summed E-state index contributed by atoms with van der Waals surface area (Å²) in [6.45, 7) is 1.17. The molecule has 1 aliphatic heterocycles. The standard InChI is InChI=1S/C23H21ClN2O5S/c24-20-6-2-3-7-21(20)31-18-11-9-17(10-12-18)25-23(27)19-5-1-4-8-22(19)32(28,29)26-13-15-30-16-14-26/h1-12H,13-16H2,(H,25,27). The summed E-state index contributed by atoms with van der Waals surface area (Å²) in [5, 5.41) is 3.24. The van der Waals surface area contributed by atoms with Crippen molar-refractivity contribution in [3.05, 3.63) is 83.4 Å². The lowest BCUT2D eigenvalue weighted by molar-refractivity contribution is 0.0730. The van der Waals surface area contributed by atoms with Crippen molar-refractivity contribution >= 4 is 33.2 Å². The fraction of sp³-hybridized carbons (Fsp3) is 0.174. The molecule has 0 aromatic heterocycles. The van der Waals surface area contributed by atoms with Gasteiger partial charge in [0.15, 0.2) is 0 Å². The monoisotopic (exact) mass is 472 g/mol. The lowest BCUT2D eigenvalue weighted by Crippen LogP contribution is -2.41. The Labute approximate surface area is 191 Å². The zero-order valence-corrected chi connectivity index (χ0v) is 18.6. The number of ether oxygens (including phenoxy) is 2. The number of morpholine rings is 1. The summed E-state index contributed by atoms with van der Waals surface area (Å²) < 4.78 is 38.5. The van der Waals surface area contributed by atoms with Gasteiger partial charge in [0.25, 0.3) is 5.91 Å². The SMILES string of the molecule is O=C(Nc1ccc(Oc2ccccc2Cl)cc1)c1ccccc1S(=O)(=O)N1CCOCC1. The first-order chi connectivity index (χ1) is 15.4. The molecule has 4 rings (SSSR count). The summed E-state index contributed by atoms with van der Waals surface area (Å²) in [6, 6.07) is 20.0. The number of nitrogens with zero attached hydrogens (tertiary/aromatic N) is 1. The molecule has 1 N–H and O–H groups in total. The van der Waals surface area contributed by atoms with Crippen molar-refractivity contribution in [2.45, 2.75) is 4.90 Å². The van der Waals surface area contributed by atoms with E-state index >= 15 is 0 Å². The van der Waals surface area contributed by atoms with Crippen LogP contribution in [-0.4, -0.2) is 44.9 Å². The number of amides is 1. The van der Waals surface area contributed by atoms with Crippen LogP contribution >= 0.6 is 11.6 Å². The highest BCUT2D eigenvalue weighted by Gasteiger charge is 2.30. The molecule has 3 aromatic carbocycles. The highest BCUT2D eigenvalue weighted by atomic mass is 35.5. The number of nitrogens with one attached hydrogen (secondary N) is 1. The van der Waals surface area contributed by atoms with Crippen molar-refractivity contribution in [1.82, 2.24) is 4.31 Å². The van der Waals surface area contributed by atoms with Crippen LogP contribution in [0.15, 0.2) is 77.7 Å². The van der Waals surface area contributed by atoms with E-state index < -0.39 is 15.9 Å². The van der Waals surface area contributed by atoms with E-state index in [2.05, 4.69) is 5.32 Å². The second-order valence-corrected chi connectivity index (χ2v) is 9.34. The van der Waals surface area contributed by atoms with Gasteiger partial charge in [-0.3, -0.25) is 4.79 Å². The molecule has 9 heteroatoms. The predicted molar refractivity (Wildman–Crippen MR) is 122 cm³/mol. The highest BCUT2D eigenvalue weighted by Crippen LogP contribution is 2.29. The average Bonchev–Trinajstić information content (AvgIpc) is 2.82. The summed E-state index contributed by atoms with van der Waals surface area (Å²) >= 11 is 6.11. The average molecular weight is 473 g/mol. The highest BCUT2D eigenvalue weighted by molar-refractivity contribution is 7.89. The predicted octanol–water partition coefficient (Wildman–Crippen LogP) is 4.41. The number of sulfonamides is 1. The molecule has 0 bridgehead atoms. The molecular weight excluding hydrogens is 452 g/mol. The maximum Gasteiger partial charge on any atom is 0.257 e. The summed E-state index contributed by atoms with van der Waals surface area (Å²) in [6.07, 6.45) is 0. The molecule has 0 spiro atoms. The Hall–Kier alpha value is -2.91. The van der Waals surface area contributed by atoms with Crippen LogP contribution in [0.1, 0.15) is 10.4 Å². The minimum absolute atomic E-state index is 0.0296. The molecule has 0 atom stereocenters. The van der Waals surface area contributed by atoms with Crippen molar-refractivity contribution in [3.8, 4) is 11.5 Å². The van der Waals surface area contributed by atoms with Crippen molar-refractivity contribution in [2.75, 3.05) is 31.6 Å². The first kappa shape index (κ1) is 22.3. The second-order valence-electron chi connectivity index (χ2n) is 7.02. The smallest absolute Gasteiger partial charge is 0.257 e. The Bertz CT molecular complexity index is 1210. The Morgan fingerprint density at radius 3 is 2.31 bits per heavy atom. The van der Waals surface area contributed by atoms with E-state index in [1.165, 1.54) is 16.4 Å². The first-order valence-corrected chi connectivity index (χ1v) is 11.8. The van der Waals surface area contributed by atoms with Gasteiger partial charge in [0.1, 0.15) is 11.5 Å². The van der Waals surface area contributed by atoms with E-state index in [9.17, 15) is 13.2 Å². The van der Waals surface area contributed by atoms with Gasteiger partial charge in [-0.1, -0.05) is 35.9 Å². The maximum atomic E-state index is 13.1. The van der Waals surface area contributed by atoms with Crippen LogP contribution in [0.2, 0.25) is 5.02 Å². The Kier molecular flexibility index (Phi) is 6.76. The van der Waals surface area contributed by atoms with Gasteiger partial charge >= 0.3 is 0 Å². The third-order valence-electron chi connectivity index (χ3n) is 4.90. The molecule has 166 valence electrons. The molecule has 1 saturated heterocycles. The largest absolute Gasteiger partial charge is 0.456 e. The molecular formula is C23H21ClN2O5S. The maximum absolute atomic E-state index is 13.1. The van der Waals surface area contributed by atoms with E-state index in [1.54, 1.807) is 48.5 Å². The fourth-order valence-corrected chi connectivity index (χ4v) is 5.04. The minimum Gasteiger partial charge on any atom is -0.456 e. The van der Waals surface area contributed by atoms with E-state index in [4.69, 9.17) is 21.1 Å². The van der Waals surface area contributed by atoms with Crippen LogP contribution < -0.4 is 10.1 Å². The van der Waals surface area contributed by atoms with Crippen molar-refractivity contribution < 1.29 is 22.7 Å². The van der Waals surface area contributed by atoms with E-state index in [0.717, 1.165) is 0 Å². The Balaban J connectivity index is 1.50. The zero-order chi connectivity index (χ0) is 22.6. The Morgan fingerprint density at radius 2 is 1.59 bits per heavy atom. The minimum atomic E-state index is -3.82. The quantitative estimate of drug-likeness (QED) is 0.574. The van der Waals surface area contributed by atoms with Gasteiger partial charge in [-0.25, -0.2) is 8.42 Å². The van der Waals surface area contributed by atoms with E-state index in [0.29, 0.717) is 35.4 Å². The fourth-order valence-electron chi connectivity index (χ4n) is 3.26. The van der Waals surface area contributed by atoms with Crippen molar-refractivity contribution in [3.63, 3.8) is 0 Å². The van der Waals surface area contributed by atoms with Crippen LogP contribution in [0.25, 0.3) is 0 Å². The zero-order valence-electron chi connectivity index (χ0n) is 17.0. The number of benzene rings is 3. The Morgan fingerprint density at radius 1 is 0.938 bits per heavy atom. The summed E-state index contributed by atoms with van der Waals surface area (Å²) in [4.78, 5) is 12.9. The molecule has 0 saturated carbocycles. The van der Waals surface area contributed by atoms with Crippen LogP contribution in [0, 0.1) is 0 Å². The second kappa shape index (κ2) is 9.70. The van der Waals surface area contributed by atoms with Crippen LogP contribution in [0.3, 0.4) is 0 Å². The van der Waals surface area contributed by atoms with Gasteiger partial charge in [0.05, 0.1) is 28.7 Å². The summed E-state index contributed by atoms with van der Waals surface area (Å²) in [7, 11) is -3.82. The molecule has 0 aliphatic carbocycles. The molecule has 0 unspecified atom stereocenters. The summed E-state index contributed by atoms with van der Waals surface area (Å²) in [5.74, 6) is 0.553. The molecule has 3 aromatic rings. The van der Waals surface area contributed by atoms with Gasteiger partial charge in [-0.05, 0) is 48.5 Å². The van der Waals surface area contributed by atoms with E-state index in [-0.39, 0.29) is 23.5 Å². The molecule has 1 heterocycles. The number of carbonyl (C=O) groups is 1. The number of hydrogen-bond donors (Lipinski definition) is 1. The molecule has 1 aliphatic rings. The lowest BCUT2D eigenvalue weighted by Gasteiger charge is -2.26. The molecule has 1 amide bonds. The van der Waals surface area contributed by atoms with Crippen molar-refractivity contribution in [1.29, 1.82) is 0 Å². The van der Waals surface area contributed by atoms with Crippen LogP contribution in [0.5, 0.6) is 11.5 Å². The number of para-hydroxylation sites is 1. The number of rotatable bonds is 6. The third-order valence-corrected chi connectivity index (χ3v) is 7.17. The van der Waals surface area contributed by atoms with Gasteiger partial charge < -0.3 is 14.8 Å². The van der Waals surface area contributed by atoms with Gasteiger partial charge in [0.2, 0.25) is 10.0 Å². The van der Waals surface area contributed by atoms with Crippen LogP contribution in [-0.2, 0) is 14.8 Å². The normalized spacial score (nSPS) is 14.7.